The molecule has 1 aromatic heterocycles. The van der Waals surface area contributed by atoms with Crippen molar-refractivity contribution in [3.63, 3.8) is 0 Å². The molecule has 5 nitrogen and oxygen atoms in total. The summed E-state index contributed by atoms with van der Waals surface area (Å²) in [6.45, 7) is 1.59. The van der Waals surface area contributed by atoms with Crippen LogP contribution in [0.3, 0.4) is 0 Å². The number of anilines is 1. The number of aromatic nitrogens is 2. The first-order chi connectivity index (χ1) is 7.58. The smallest absolute Gasteiger partial charge is 0.224 e. The number of carbonyl (C=O) groups is 1. The molecule has 2 atom stereocenters. The van der Waals surface area contributed by atoms with Crippen LogP contribution in [0.2, 0.25) is 0 Å². The third kappa shape index (κ3) is 2.09. The molecule has 1 amide bonds. The molecular formula is C11H18N4O. The van der Waals surface area contributed by atoms with Crippen LogP contribution >= 0.6 is 0 Å². The highest BCUT2D eigenvalue weighted by Crippen LogP contribution is 2.27. The first-order valence-corrected chi connectivity index (χ1v) is 5.62. The van der Waals surface area contributed by atoms with Gasteiger partial charge in [-0.3, -0.25) is 9.48 Å². The molecule has 0 saturated heterocycles. The highest BCUT2D eigenvalue weighted by atomic mass is 16.2. The number of hydrogen-bond donors (Lipinski definition) is 1. The van der Waals surface area contributed by atoms with E-state index in [9.17, 15) is 4.79 Å². The molecule has 88 valence electrons. The van der Waals surface area contributed by atoms with Gasteiger partial charge in [0.15, 0.2) is 0 Å². The third-order valence-electron chi connectivity index (χ3n) is 3.12. The van der Waals surface area contributed by atoms with Gasteiger partial charge in [-0.25, -0.2) is 0 Å². The highest BCUT2D eigenvalue weighted by Gasteiger charge is 2.30. The molecule has 0 bridgehead atoms. The van der Waals surface area contributed by atoms with Gasteiger partial charge in [0, 0.05) is 32.3 Å². The summed E-state index contributed by atoms with van der Waals surface area (Å²) in [6.07, 6.45) is 6.45. The molecule has 2 rings (SSSR count). The van der Waals surface area contributed by atoms with Crippen LogP contribution in [0.1, 0.15) is 26.2 Å². The van der Waals surface area contributed by atoms with E-state index in [1.54, 1.807) is 17.8 Å². The molecule has 1 heterocycles. The van der Waals surface area contributed by atoms with Gasteiger partial charge >= 0.3 is 0 Å². The van der Waals surface area contributed by atoms with Crippen molar-refractivity contribution < 1.29 is 4.79 Å². The van der Waals surface area contributed by atoms with Gasteiger partial charge in [0.25, 0.3) is 0 Å². The second-order valence-electron chi connectivity index (χ2n) is 4.49. The van der Waals surface area contributed by atoms with Crippen molar-refractivity contribution in [2.24, 2.45) is 12.8 Å². The van der Waals surface area contributed by atoms with Crippen LogP contribution in [0.15, 0.2) is 12.4 Å². The molecule has 1 aliphatic rings. The Hall–Kier alpha value is -1.36. The lowest BCUT2D eigenvalue weighted by Gasteiger charge is -2.26. The van der Waals surface area contributed by atoms with Crippen molar-refractivity contribution in [1.82, 2.24) is 9.78 Å². The van der Waals surface area contributed by atoms with Gasteiger partial charge in [0.05, 0.1) is 11.9 Å². The molecule has 0 spiro atoms. The summed E-state index contributed by atoms with van der Waals surface area (Å²) >= 11 is 0. The Morgan fingerprint density at radius 3 is 2.81 bits per heavy atom. The molecule has 5 heteroatoms. The minimum atomic E-state index is 0.0621. The van der Waals surface area contributed by atoms with Crippen LogP contribution in [0, 0.1) is 0 Å². The Morgan fingerprint density at radius 1 is 1.62 bits per heavy atom. The van der Waals surface area contributed by atoms with E-state index < -0.39 is 0 Å². The minimum absolute atomic E-state index is 0.0621. The number of nitrogens with zero attached hydrogens (tertiary/aromatic N) is 3. The molecule has 2 N–H and O–H groups in total. The maximum Gasteiger partial charge on any atom is 0.224 e. The van der Waals surface area contributed by atoms with E-state index in [1.807, 2.05) is 18.1 Å². The largest absolute Gasteiger partial charge is 0.328 e. The van der Waals surface area contributed by atoms with Gasteiger partial charge in [-0.05, 0) is 19.3 Å². The topological polar surface area (TPSA) is 64.2 Å². The summed E-state index contributed by atoms with van der Waals surface area (Å²) in [5.41, 5.74) is 6.76. The second kappa shape index (κ2) is 4.25. The van der Waals surface area contributed by atoms with Crippen LogP contribution < -0.4 is 10.6 Å². The molecule has 1 fully saturated rings. The Morgan fingerprint density at radius 2 is 2.38 bits per heavy atom. The second-order valence-corrected chi connectivity index (χ2v) is 4.49. The molecule has 16 heavy (non-hydrogen) atoms. The molecule has 1 aromatic rings. The van der Waals surface area contributed by atoms with Crippen LogP contribution in [-0.2, 0) is 11.8 Å². The zero-order valence-corrected chi connectivity index (χ0v) is 9.76. The Labute approximate surface area is 95.2 Å². The van der Waals surface area contributed by atoms with E-state index in [1.165, 1.54) is 0 Å². The van der Waals surface area contributed by atoms with Gasteiger partial charge in [0.1, 0.15) is 0 Å². The molecule has 0 radical (unpaired) electrons. The number of amides is 1. The average molecular weight is 222 g/mol. The lowest BCUT2D eigenvalue weighted by atomic mass is 10.2. The van der Waals surface area contributed by atoms with Gasteiger partial charge in [-0.15, -0.1) is 0 Å². The predicted molar refractivity (Wildman–Crippen MR) is 62.0 cm³/mol. The van der Waals surface area contributed by atoms with Crippen LogP contribution in [-0.4, -0.2) is 27.8 Å². The number of hydrogen-bond acceptors (Lipinski definition) is 3. The SMILES string of the molecule is CC(=O)N(c1cnn(C)c1)C1CCC(N)C1. The summed E-state index contributed by atoms with van der Waals surface area (Å²) in [6, 6.07) is 0.459. The predicted octanol–water partition coefficient (Wildman–Crippen LogP) is 0.653. The molecule has 0 aromatic carbocycles. The summed E-state index contributed by atoms with van der Waals surface area (Å²) < 4.78 is 1.71. The maximum atomic E-state index is 11.7. The van der Waals surface area contributed by atoms with Crippen molar-refractivity contribution in [3.8, 4) is 0 Å². The first kappa shape index (κ1) is 11.1. The fourth-order valence-corrected chi connectivity index (χ4v) is 2.41. The molecule has 2 unspecified atom stereocenters. The van der Waals surface area contributed by atoms with E-state index >= 15 is 0 Å². The Kier molecular flexibility index (Phi) is 2.96. The van der Waals surface area contributed by atoms with E-state index in [2.05, 4.69) is 5.10 Å². The van der Waals surface area contributed by atoms with E-state index in [0.717, 1.165) is 24.9 Å². The van der Waals surface area contributed by atoms with Crippen molar-refractivity contribution in [1.29, 1.82) is 0 Å². The standard InChI is InChI=1S/C11H18N4O/c1-8(16)15(10-4-3-9(12)5-10)11-6-13-14(2)7-11/h6-7,9-10H,3-5,12H2,1-2H3. The van der Waals surface area contributed by atoms with Crippen molar-refractivity contribution in [2.75, 3.05) is 4.90 Å². The van der Waals surface area contributed by atoms with Crippen LogP contribution in [0.25, 0.3) is 0 Å². The van der Waals surface area contributed by atoms with Crippen LogP contribution in [0.5, 0.6) is 0 Å². The van der Waals surface area contributed by atoms with Crippen molar-refractivity contribution in [3.05, 3.63) is 12.4 Å². The number of nitrogens with two attached hydrogens (primary N) is 1. The number of rotatable bonds is 2. The molecule has 1 saturated carbocycles. The maximum absolute atomic E-state index is 11.7. The van der Waals surface area contributed by atoms with E-state index in [0.29, 0.717) is 0 Å². The average Bonchev–Trinajstić information content (AvgIpc) is 2.76. The zero-order valence-electron chi connectivity index (χ0n) is 9.76. The lowest BCUT2D eigenvalue weighted by Crippen LogP contribution is -2.38. The van der Waals surface area contributed by atoms with Crippen LogP contribution in [0.4, 0.5) is 5.69 Å². The van der Waals surface area contributed by atoms with Crippen molar-refractivity contribution >= 4 is 11.6 Å². The summed E-state index contributed by atoms with van der Waals surface area (Å²) in [5, 5.41) is 4.10. The fraction of sp³-hybridized carbons (Fsp3) is 0.636. The monoisotopic (exact) mass is 222 g/mol. The Bertz CT molecular complexity index is 387. The molecule has 1 aliphatic carbocycles. The summed E-state index contributed by atoms with van der Waals surface area (Å²) in [4.78, 5) is 13.5. The highest BCUT2D eigenvalue weighted by molar-refractivity contribution is 5.91. The van der Waals surface area contributed by atoms with E-state index in [4.69, 9.17) is 5.73 Å². The van der Waals surface area contributed by atoms with Gasteiger partial charge in [0.2, 0.25) is 5.91 Å². The van der Waals surface area contributed by atoms with Gasteiger partial charge in [-0.2, -0.15) is 5.10 Å². The molecular weight excluding hydrogens is 204 g/mol. The Balaban J connectivity index is 2.21. The third-order valence-corrected chi connectivity index (χ3v) is 3.12. The molecule has 0 aliphatic heterocycles. The van der Waals surface area contributed by atoms with Gasteiger partial charge < -0.3 is 10.6 Å². The lowest BCUT2D eigenvalue weighted by molar-refractivity contribution is -0.117. The number of carbonyl (C=O) groups excluding carboxylic acids is 1. The fourth-order valence-electron chi connectivity index (χ4n) is 2.41. The summed E-state index contributed by atoms with van der Waals surface area (Å²) in [7, 11) is 1.85. The van der Waals surface area contributed by atoms with Crippen molar-refractivity contribution in [2.45, 2.75) is 38.3 Å². The van der Waals surface area contributed by atoms with E-state index in [-0.39, 0.29) is 18.0 Å². The number of aryl methyl sites for hydroxylation is 1. The first-order valence-electron chi connectivity index (χ1n) is 5.62. The minimum Gasteiger partial charge on any atom is -0.328 e. The summed E-state index contributed by atoms with van der Waals surface area (Å²) in [5.74, 6) is 0.0621. The van der Waals surface area contributed by atoms with Gasteiger partial charge in [-0.1, -0.05) is 0 Å². The normalized spacial score (nSPS) is 24.7. The quantitative estimate of drug-likeness (QED) is 0.799. The zero-order chi connectivity index (χ0) is 11.7.